The number of anilines is 1. The summed E-state index contributed by atoms with van der Waals surface area (Å²) in [5, 5.41) is 8.30. The smallest absolute Gasteiger partial charge is 0.225 e. The fraction of sp³-hybridized carbons (Fsp3) is 0.474. The quantitative estimate of drug-likeness (QED) is 0.670. The maximum Gasteiger partial charge on any atom is 0.225 e. The molecule has 9 nitrogen and oxygen atoms in total. The minimum Gasteiger partial charge on any atom is -0.379 e. The largest absolute Gasteiger partial charge is 0.379 e. The molecular formula is C19H24N6O3. The number of rotatable bonds is 6. The number of aromatic nitrogens is 4. The van der Waals surface area contributed by atoms with Gasteiger partial charge in [0.25, 0.3) is 0 Å². The molecule has 0 aliphatic heterocycles. The molecule has 4 rings (SSSR count). The second kappa shape index (κ2) is 7.97. The number of nitrogens with zero attached hydrogens (tertiary/aromatic N) is 4. The molecule has 9 heteroatoms. The van der Waals surface area contributed by atoms with E-state index < -0.39 is 0 Å². The van der Waals surface area contributed by atoms with Crippen LogP contribution in [0, 0.1) is 5.92 Å². The van der Waals surface area contributed by atoms with Gasteiger partial charge >= 0.3 is 0 Å². The van der Waals surface area contributed by atoms with Gasteiger partial charge in [0.05, 0.1) is 24.1 Å². The fourth-order valence-electron chi connectivity index (χ4n) is 3.92. The van der Waals surface area contributed by atoms with Crippen LogP contribution in [0.2, 0.25) is 0 Å². The highest BCUT2D eigenvalue weighted by atomic mass is 16.5. The molecule has 3 heterocycles. The monoisotopic (exact) mass is 384 g/mol. The molecule has 28 heavy (non-hydrogen) atoms. The molecule has 1 aliphatic carbocycles. The van der Waals surface area contributed by atoms with E-state index in [4.69, 9.17) is 9.26 Å². The zero-order valence-electron chi connectivity index (χ0n) is 16.0. The third-order valence-corrected chi connectivity index (χ3v) is 5.38. The number of methoxy groups -OCH3 is 1. The highest BCUT2D eigenvalue weighted by Crippen LogP contribution is 2.31. The lowest BCUT2D eigenvalue weighted by Crippen LogP contribution is -2.45. The lowest BCUT2D eigenvalue weighted by Gasteiger charge is -2.36. The molecule has 3 atom stereocenters. The Morgan fingerprint density at radius 2 is 2.29 bits per heavy atom. The maximum absolute atomic E-state index is 13.0. The Bertz CT molecular complexity index is 925. The van der Waals surface area contributed by atoms with Crippen LogP contribution in [-0.4, -0.2) is 57.2 Å². The van der Waals surface area contributed by atoms with E-state index in [1.807, 2.05) is 12.3 Å². The first kappa shape index (κ1) is 18.4. The Hall–Kier alpha value is -2.94. The van der Waals surface area contributed by atoms with Crippen molar-refractivity contribution in [3.8, 4) is 0 Å². The van der Waals surface area contributed by atoms with Crippen molar-refractivity contribution in [3.63, 3.8) is 0 Å². The Balaban J connectivity index is 1.47. The van der Waals surface area contributed by atoms with Crippen LogP contribution in [0.5, 0.6) is 0 Å². The van der Waals surface area contributed by atoms with Crippen LogP contribution in [0.1, 0.15) is 25.0 Å². The maximum atomic E-state index is 13.0. The van der Waals surface area contributed by atoms with Crippen LogP contribution in [0.25, 0.3) is 11.0 Å². The number of aromatic amines is 1. The minimum atomic E-state index is -0.0793. The molecule has 1 fully saturated rings. The molecular weight excluding hydrogens is 360 g/mol. The number of carbonyl (C=O) groups excluding carboxylic acids is 1. The molecule has 148 valence electrons. The van der Waals surface area contributed by atoms with Crippen molar-refractivity contribution in [1.82, 2.24) is 25.0 Å². The molecule has 3 aromatic heterocycles. The molecule has 0 spiro atoms. The number of hydrogen-bond donors (Lipinski definition) is 2. The molecule has 1 saturated carbocycles. The first-order valence-corrected chi connectivity index (χ1v) is 9.37. The van der Waals surface area contributed by atoms with Gasteiger partial charge < -0.3 is 24.5 Å². The number of fused-ring (bicyclic) bond motifs is 1. The summed E-state index contributed by atoms with van der Waals surface area (Å²) in [6, 6.07) is 3.70. The van der Waals surface area contributed by atoms with Crippen LogP contribution >= 0.6 is 0 Å². The Labute approximate surface area is 162 Å². The summed E-state index contributed by atoms with van der Waals surface area (Å²) >= 11 is 0. The van der Waals surface area contributed by atoms with Crippen molar-refractivity contribution >= 4 is 22.8 Å². The van der Waals surface area contributed by atoms with E-state index in [1.165, 1.54) is 12.6 Å². The molecule has 0 bridgehead atoms. The van der Waals surface area contributed by atoms with Gasteiger partial charge in [0, 0.05) is 32.3 Å². The predicted molar refractivity (Wildman–Crippen MR) is 102 cm³/mol. The summed E-state index contributed by atoms with van der Waals surface area (Å²) in [5.41, 5.74) is 1.52. The van der Waals surface area contributed by atoms with Crippen molar-refractivity contribution in [1.29, 1.82) is 0 Å². The van der Waals surface area contributed by atoms with Crippen LogP contribution in [0.3, 0.4) is 0 Å². The van der Waals surface area contributed by atoms with Crippen LogP contribution in [0.15, 0.2) is 35.4 Å². The molecule has 1 amide bonds. The SMILES string of the molecule is CO[C@@H]1CC[C@H](C(=O)N(C)Cc2ccon2)C[C@H]1Nc1ncnc2[nH]ccc12. The van der Waals surface area contributed by atoms with Crippen molar-refractivity contribution in [2.24, 2.45) is 5.92 Å². The van der Waals surface area contributed by atoms with E-state index in [9.17, 15) is 4.79 Å². The molecule has 2 N–H and O–H groups in total. The Morgan fingerprint density at radius 3 is 3.07 bits per heavy atom. The van der Waals surface area contributed by atoms with Crippen molar-refractivity contribution < 1.29 is 14.1 Å². The van der Waals surface area contributed by atoms with Crippen molar-refractivity contribution in [2.45, 2.75) is 38.0 Å². The zero-order valence-corrected chi connectivity index (χ0v) is 16.0. The van der Waals surface area contributed by atoms with Gasteiger partial charge in [-0.2, -0.15) is 0 Å². The van der Waals surface area contributed by atoms with Gasteiger partial charge in [-0.1, -0.05) is 5.16 Å². The number of amides is 1. The van der Waals surface area contributed by atoms with E-state index in [0.29, 0.717) is 13.0 Å². The minimum absolute atomic E-state index is 0.0128. The molecule has 0 saturated heterocycles. The van der Waals surface area contributed by atoms with Crippen LogP contribution in [-0.2, 0) is 16.1 Å². The van der Waals surface area contributed by atoms with Gasteiger partial charge in [0.15, 0.2) is 0 Å². The molecule has 0 unspecified atom stereocenters. The Morgan fingerprint density at radius 1 is 1.39 bits per heavy atom. The summed E-state index contributed by atoms with van der Waals surface area (Å²) in [6.07, 6.45) is 7.18. The highest BCUT2D eigenvalue weighted by Gasteiger charge is 2.35. The number of carbonyl (C=O) groups is 1. The van der Waals surface area contributed by atoms with Crippen molar-refractivity contribution in [3.05, 3.63) is 36.6 Å². The van der Waals surface area contributed by atoms with Crippen LogP contribution in [0.4, 0.5) is 5.82 Å². The lowest BCUT2D eigenvalue weighted by molar-refractivity contribution is -0.136. The average Bonchev–Trinajstić information content (AvgIpc) is 3.39. The average molecular weight is 384 g/mol. The van der Waals surface area contributed by atoms with Gasteiger partial charge in [-0.05, 0) is 25.3 Å². The normalized spacial score (nSPS) is 22.3. The molecule has 3 aromatic rings. The lowest BCUT2D eigenvalue weighted by atomic mass is 9.82. The standard InChI is InChI=1S/C19H24N6O3/c1-25(10-13-6-8-28-24-13)19(26)12-3-4-16(27-2)15(9-12)23-18-14-5-7-20-17(14)21-11-22-18/h5-8,11-12,15-16H,3-4,9-10H2,1-2H3,(H2,20,21,22,23)/t12-,15+,16+/m0/s1. The summed E-state index contributed by atoms with van der Waals surface area (Å²) in [5.74, 6) is 0.783. The van der Waals surface area contributed by atoms with E-state index in [2.05, 4.69) is 25.4 Å². The van der Waals surface area contributed by atoms with Gasteiger partial charge in [-0.3, -0.25) is 4.79 Å². The van der Waals surface area contributed by atoms with Gasteiger partial charge in [-0.25, -0.2) is 9.97 Å². The second-order valence-electron chi connectivity index (χ2n) is 7.18. The number of H-pyrrole nitrogens is 1. The summed E-state index contributed by atoms with van der Waals surface area (Å²) in [4.78, 5) is 26.4. The number of nitrogens with one attached hydrogen (secondary N) is 2. The van der Waals surface area contributed by atoms with Gasteiger partial charge in [0.2, 0.25) is 5.91 Å². The summed E-state index contributed by atoms with van der Waals surface area (Å²) in [7, 11) is 3.51. The van der Waals surface area contributed by atoms with E-state index in [-0.39, 0.29) is 24.0 Å². The zero-order chi connectivity index (χ0) is 19.5. The summed E-state index contributed by atoms with van der Waals surface area (Å²) < 4.78 is 10.5. The molecule has 0 radical (unpaired) electrons. The predicted octanol–water partition coefficient (Wildman–Crippen LogP) is 2.20. The van der Waals surface area contributed by atoms with Gasteiger partial charge in [0.1, 0.15) is 29.7 Å². The molecule has 1 aliphatic rings. The Kier molecular flexibility index (Phi) is 5.25. The van der Waals surface area contributed by atoms with E-state index in [0.717, 1.165) is 35.4 Å². The third kappa shape index (κ3) is 3.70. The van der Waals surface area contributed by atoms with Crippen LogP contribution < -0.4 is 5.32 Å². The van der Waals surface area contributed by atoms with Crippen molar-refractivity contribution in [2.75, 3.05) is 19.5 Å². The second-order valence-corrected chi connectivity index (χ2v) is 7.18. The first-order chi connectivity index (χ1) is 13.7. The third-order valence-electron chi connectivity index (χ3n) is 5.38. The van der Waals surface area contributed by atoms with E-state index >= 15 is 0 Å². The van der Waals surface area contributed by atoms with E-state index in [1.54, 1.807) is 25.1 Å². The summed E-state index contributed by atoms with van der Waals surface area (Å²) in [6.45, 7) is 0.438. The molecule has 0 aromatic carbocycles. The fourth-order valence-corrected chi connectivity index (χ4v) is 3.92. The number of hydrogen-bond acceptors (Lipinski definition) is 7. The number of ether oxygens (including phenoxy) is 1. The highest BCUT2D eigenvalue weighted by molar-refractivity contribution is 5.86. The topological polar surface area (TPSA) is 109 Å². The first-order valence-electron chi connectivity index (χ1n) is 9.37. The van der Waals surface area contributed by atoms with Gasteiger partial charge in [-0.15, -0.1) is 0 Å².